The normalized spacial score (nSPS) is 11.9. The SMILES string of the molecule is CCCSCC(=O)Nc1ccccc1C(=O)NCc1ccc2c(c1)OCO2. The molecule has 142 valence electrons. The maximum absolute atomic E-state index is 12.6. The number of anilines is 1. The Morgan fingerprint density at radius 3 is 2.78 bits per heavy atom. The molecule has 0 saturated heterocycles. The molecule has 3 rings (SSSR count). The Hall–Kier alpha value is -2.67. The van der Waals surface area contributed by atoms with Gasteiger partial charge < -0.3 is 20.1 Å². The van der Waals surface area contributed by atoms with Crippen molar-refractivity contribution in [2.75, 3.05) is 23.6 Å². The monoisotopic (exact) mass is 386 g/mol. The number of hydrogen-bond donors (Lipinski definition) is 2. The van der Waals surface area contributed by atoms with Gasteiger partial charge in [0.15, 0.2) is 11.5 Å². The van der Waals surface area contributed by atoms with E-state index in [1.807, 2.05) is 18.2 Å². The molecule has 0 saturated carbocycles. The first-order valence-electron chi connectivity index (χ1n) is 8.80. The van der Waals surface area contributed by atoms with Gasteiger partial charge in [-0.3, -0.25) is 9.59 Å². The summed E-state index contributed by atoms with van der Waals surface area (Å²) in [6.07, 6.45) is 1.02. The van der Waals surface area contributed by atoms with E-state index < -0.39 is 0 Å². The maximum Gasteiger partial charge on any atom is 0.253 e. The maximum atomic E-state index is 12.6. The van der Waals surface area contributed by atoms with Crippen LogP contribution in [0, 0.1) is 0 Å². The molecule has 0 fully saturated rings. The van der Waals surface area contributed by atoms with Crippen molar-refractivity contribution in [1.82, 2.24) is 5.32 Å². The third-order valence-electron chi connectivity index (χ3n) is 3.92. The van der Waals surface area contributed by atoms with Crippen LogP contribution >= 0.6 is 11.8 Å². The molecule has 1 aliphatic rings. The Kier molecular flexibility index (Phi) is 6.59. The van der Waals surface area contributed by atoms with Crippen molar-refractivity contribution in [3.63, 3.8) is 0 Å². The van der Waals surface area contributed by atoms with Crippen molar-refractivity contribution >= 4 is 29.3 Å². The summed E-state index contributed by atoms with van der Waals surface area (Å²) in [6, 6.07) is 12.6. The molecule has 0 unspecified atom stereocenters. The lowest BCUT2D eigenvalue weighted by molar-refractivity contribution is -0.113. The second kappa shape index (κ2) is 9.32. The third kappa shape index (κ3) is 5.17. The lowest BCUT2D eigenvalue weighted by Gasteiger charge is -2.11. The predicted octanol–water partition coefficient (Wildman–Crippen LogP) is 3.43. The highest BCUT2D eigenvalue weighted by molar-refractivity contribution is 7.99. The zero-order chi connectivity index (χ0) is 19.1. The molecule has 0 aliphatic carbocycles. The quantitative estimate of drug-likeness (QED) is 0.680. The van der Waals surface area contributed by atoms with E-state index in [-0.39, 0.29) is 18.6 Å². The molecular formula is C20H22N2O4S. The summed E-state index contributed by atoms with van der Waals surface area (Å²) in [5.74, 6) is 2.35. The summed E-state index contributed by atoms with van der Waals surface area (Å²) in [5.41, 5.74) is 1.86. The van der Waals surface area contributed by atoms with Gasteiger partial charge in [-0.05, 0) is 42.0 Å². The second-order valence-electron chi connectivity index (χ2n) is 6.02. The molecule has 2 aromatic rings. The van der Waals surface area contributed by atoms with Crippen molar-refractivity contribution < 1.29 is 19.1 Å². The molecule has 27 heavy (non-hydrogen) atoms. The van der Waals surface area contributed by atoms with Crippen LogP contribution in [-0.2, 0) is 11.3 Å². The number of hydrogen-bond acceptors (Lipinski definition) is 5. The fourth-order valence-corrected chi connectivity index (χ4v) is 3.30. The van der Waals surface area contributed by atoms with Gasteiger partial charge in [-0.2, -0.15) is 11.8 Å². The number of carbonyl (C=O) groups is 2. The van der Waals surface area contributed by atoms with E-state index in [0.29, 0.717) is 35.0 Å². The van der Waals surface area contributed by atoms with Crippen LogP contribution in [0.3, 0.4) is 0 Å². The molecular weight excluding hydrogens is 364 g/mol. The van der Waals surface area contributed by atoms with Gasteiger partial charge >= 0.3 is 0 Å². The minimum Gasteiger partial charge on any atom is -0.454 e. The summed E-state index contributed by atoms with van der Waals surface area (Å²) >= 11 is 1.58. The predicted molar refractivity (Wildman–Crippen MR) is 106 cm³/mol. The number of nitrogens with one attached hydrogen (secondary N) is 2. The van der Waals surface area contributed by atoms with Crippen molar-refractivity contribution in [2.24, 2.45) is 0 Å². The van der Waals surface area contributed by atoms with E-state index in [4.69, 9.17) is 9.47 Å². The Bertz CT molecular complexity index is 825. The zero-order valence-corrected chi connectivity index (χ0v) is 15.9. The number of benzene rings is 2. The molecule has 0 spiro atoms. The molecule has 1 heterocycles. The Labute approximate surface area is 162 Å². The van der Waals surface area contributed by atoms with Crippen LogP contribution in [0.5, 0.6) is 11.5 Å². The van der Waals surface area contributed by atoms with Crippen molar-refractivity contribution in [1.29, 1.82) is 0 Å². The van der Waals surface area contributed by atoms with E-state index in [1.165, 1.54) is 0 Å². The number of amides is 2. The van der Waals surface area contributed by atoms with Crippen LogP contribution in [0.25, 0.3) is 0 Å². The molecule has 2 aromatic carbocycles. The summed E-state index contributed by atoms with van der Waals surface area (Å²) in [6.45, 7) is 2.64. The summed E-state index contributed by atoms with van der Waals surface area (Å²) in [5, 5.41) is 5.71. The van der Waals surface area contributed by atoms with Crippen molar-refractivity contribution in [3.8, 4) is 11.5 Å². The molecule has 1 aliphatic heterocycles. The summed E-state index contributed by atoms with van der Waals surface area (Å²) in [7, 11) is 0. The van der Waals surface area contributed by atoms with E-state index in [2.05, 4.69) is 17.6 Å². The van der Waals surface area contributed by atoms with Gasteiger partial charge in [-0.25, -0.2) is 0 Å². The Balaban J connectivity index is 1.60. The average Bonchev–Trinajstić information content (AvgIpc) is 3.14. The minimum atomic E-state index is -0.246. The summed E-state index contributed by atoms with van der Waals surface area (Å²) < 4.78 is 10.6. The topological polar surface area (TPSA) is 76.7 Å². The Morgan fingerprint density at radius 2 is 1.93 bits per heavy atom. The van der Waals surface area contributed by atoms with Crippen LogP contribution in [0.1, 0.15) is 29.3 Å². The fourth-order valence-electron chi connectivity index (χ4n) is 2.61. The number of fused-ring (bicyclic) bond motifs is 1. The highest BCUT2D eigenvalue weighted by Gasteiger charge is 2.15. The van der Waals surface area contributed by atoms with Crippen molar-refractivity contribution in [2.45, 2.75) is 19.9 Å². The molecule has 0 radical (unpaired) electrons. The van der Waals surface area contributed by atoms with E-state index in [9.17, 15) is 9.59 Å². The van der Waals surface area contributed by atoms with Gasteiger partial charge in [-0.1, -0.05) is 25.1 Å². The second-order valence-corrected chi connectivity index (χ2v) is 7.12. The molecule has 6 nitrogen and oxygen atoms in total. The first-order chi connectivity index (χ1) is 13.2. The van der Waals surface area contributed by atoms with E-state index >= 15 is 0 Å². The van der Waals surface area contributed by atoms with Crippen LogP contribution in [0.4, 0.5) is 5.69 Å². The summed E-state index contributed by atoms with van der Waals surface area (Å²) in [4.78, 5) is 24.7. The van der Waals surface area contributed by atoms with Gasteiger partial charge in [0.1, 0.15) is 0 Å². The smallest absolute Gasteiger partial charge is 0.253 e. The van der Waals surface area contributed by atoms with Crippen LogP contribution < -0.4 is 20.1 Å². The number of thioether (sulfide) groups is 1. The first kappa shape index (κ1) is 19.1. The molecule has 0 atom stereocenters. The van der Waals surface area contributed by atoms with Gasteiger partial charge in [0.05, 0.1) is 17.0 Å². The van der Waals surface area contributed by atoms with Gasteiger partial charge in [-0.15, -0.1) is 0 Å². The van der Waals surface area contributed by atoms with Crippen LogP contribution in [0.2, 0.25) is 0 Å². The zero-order valence-electron chi connectivity index (χ0n) is 15.1. The van der Waals surface area contributed by atoms with Crippen molar-refractivity contribution in [3.05, 3.63) is 53.6 Å². The third-order valence-corrected chi connectivity index (χ3v) is 5.08. The molecule has 2 N–H and O–H groups in total. The number of rotatable bonds is 8. The molecule has 0 bridgehead atoms. The Morgan fingerprint density at radius 1 is 1.11 bits per heavy atom. The number of para-hydroxylation sites is 1. The lowest BCUT2D eigenvalue weighted by Crippen LogP contribution is -2.25. The highest BCUT2D eigenvalue weighted by Crippen LogP contribution is 2.32. The van der Waals surface area contributed by atoms with Crippen LogP contribution in [-0.4, -0.2) is 30.1 Å². The molecule has 2 amide bonds. The van der Waals surface area contributed by atoms with E-state index in [1.54, 1.807) is 36.0 Å². The molecule has 7 heteroatoms. The fraction of sp³-hybridized carbons (Fsp3) is 0.300. The van der Waals surface area contributed by atoms with E-state index in [0.717, 1.165) is 17.7 Å². The number of carbonyl (C=O) groups excluding carboxylic acids is 2. The average molecular weight is 386 g/mol. The first-order valence-corrected chi connectivity index (χ1v) is 9.96. The van der Waals surface area contributed by atoms with Crippen LogP contribution in [0.15, 0.2) is 42.5 Å². The largest absolute Gasteiger partial charge is 0.454 e. The molecule has 0 aromatic heterocycles. The lowest BCUT2D eigenvalue weighted by atomic mass is 10.1. The highest BCUT2D eigenvalue weighted by atomic mass is 32.2. The standard InChI is InChI=1S/C20H22N2O4S/c1-2-9-27-12-19(23)22-16-6-4-3-5-15(16)20(24)21-11-14-7-8-17-18(10-14)26-13-25-17/h3-8,10H,2,9,11-13H2,1H3,(H,21,24)(H,22,23). The van der Waals surface area contributed by atoms with Gasteiger partial charge in [0, 0.05) is 6.54 Å². The van der Waals surface area contributed by atoms with Gasteiger partial charge in [0.2, 0.25) is 12.7 Å². The number of ether oxygens (including phenoxy) is 2. The van der Waals surface area contributed by atoms with Gasteiger partial charge in [0.25, 0.3) is 5.91 Å². The minimum absolute atomic E-state index is 0.107.